The van der Waals surface area contributed by atoms with E-state index >= 15 is 0 Å². The molecule has 0 bridgehead atoms. The second kappa shape index (κ2) is 3.41. The molecule has 2 rings (SSSR count). The first kappa shape index (κ1) is 9.75. The van der Waals surface area contributed by atoms with Crippen molar-refractivity contribution in [1.29, 1.82) is 0 Å². The fraction of sp³-hybridized carbons (Fsp3) is 0.750. The van der Waals surface area contributed by atoms with Crippen molar-refractivity contribution < 1.29 is 4.79 Å². The van der Waals surface area contributed by atoms with Gasteiger partial charge in [0.25, 0.3) is 0 Å². The molecule has 2 aliphatic rings. The molecule has 0 N–H and O–H groups in total. The minimum atomic E-state index is 0.278. The highest BCUT2D eigenvalue weighted by atomic mass is 16.2. The summed E-state index contributed by atoms with van der Waals surface area (Å²) >= 11 is 0. The lowest BCUT2D eigenvalue weighted by Crippen LogP contribution is -2.40. The van der Waals surface area contributed by atoms with Crippen molar-refractivity contribution >= 4 is 5.91 Å². The van der Waals surface area contributed by atoms with Crippen LogP contribution in [0.5, 0.6) is 0 Å². The summed E-state index contributed by atoms with van der Waals surface area (Å²) in [6.45, 7) is 7.24. The summed E-state index contributed by atoms with van der Waals surface area (Å²) in [5.74, 6) is 1.75. The SMILES string of the molecule is CCN1C=C(C)[C@H]2CC[C@H](C)[C@H]2C1=O. The molecular weight excluding hydrogens is 174 g/mol. The predicted octanol–water partition coefficient (Wildman–Crippen LogP) is 2.41. The molecule has 0 saturated heterocycles. The van der Waals surface area contributed by atoms with E-state index < -0.39 is 0 Å². The third-order valence-electron chi connectivity index (χ3n) is 3.83. The number of nitrogens with zero attached hydrogens (tertiary/aromatic N) is 1. The minimum absolute atomic E-state index is 0.278. The van der Waals surface area contributed by atoms with E-state index in [9.17, 15) is 4.79 Å². The maximum absolute atomic E-state index is 12.1. The number of carbonyl (C=O) groups is 1. The van der Waals surface area contributed by atoms with E-state index in [1.165, 1.54) is 18.4 Å². The number of rotatable bonds is 1. The smallest absolute Gasteiger partial charge is 0.230 e. The molecule has 3 atom stereocenters. The second-order valence-corrected chi connectivity index (χ2v) is 4.68. The van der Waals surface area contributed by atoms with Crippen molar-refractivity contribution in [2.45, 2.75) is 33.6 Å². The number of hydrogen-bond donors (Lipinski definition) is 0. The van der Waals surface area contributed by atoms with Gasteiger partial charge in [0.15, 0.2) is 0 Å². The van der Waals surface area contributed by atoms with Gasteiger partial charge in [-0.1, -0.05) is 12.5 Å². The first-order valence-corrected chi connectivity index (χ1v) is 5.64. The lowest BCUT2D eigenvalue weighted by atomic mass is 9.82. The summed E-state index contributed by atoms with van der Waals surface area (Å²) in [5, 5.41) is 0. The van der Waals surface area contributed by atoms with Crippen LogP contribution in [0.25, 0.3) is 0 Å². The summed E-state index contributed by atoms with van der Waals surface area (Å²) in [6.07, 6.45) is 4.48. The Kier molecular flexibility index (Phi) is 2.38. The van der Waals surface area contributed by atoms with Gasteiger partial charge in [-0.15, -0.1) is 0 Å². The Hall–Kier alpha value is -0.790. The van der Waals surface area contributed by atoms with Crippen molar-refractivity contribution in [3.63, 3.8) is 0 Å². The molecule has 0 aromatic rings. The highest BCUT2D eigenvalue weighted by Gasteiger charge is 2.43. The second-order valence-electron chi connectivity index (χ2n) is 4.68. The Labute approximate surface area is 86.0 Å². The fourth-order valence-electron chi connectivity index (χ4n) is 2.97. The highest BCUT2D eigenvalue weighted by Crippen LogP contribution is 2.44. The van der Waals surface area contributed by atoms with Crippen molar-refractivity contribution in [3.8, 4) is 0 Å². The molecule has 2 heteroatoms. The molecule has 0 unspecified atom stereocenters. The van der Waals surface area contributed by atoms with E-state index in [0.29, 0.717) is 17.7 Å². The van der Waals surface area contributed by atoms with Gasteiger partial charge in [-0.25, -0.2) is 0 Å². The molecule has 0 radical (unpaired) electrons. The van der Waals surface area contributed by atoms with E-state index in [4.69, 9.17) is 0 Å². The van der Waals surface area contributed by atoms with Crippen LogP contribution < -0.4 is 0 Å². The Balaban J connectivity index is 2.31. The van der Waals surface area contributed by atoms with Gasteiger partial charge in [0.2, 0.25) is 5.91 Å². The average Bonchev–Trinajstić information content (AvgIpc) is 2.54. The van der Waals surface area contributed by atoms with Crippen molar-refractivity contribution in [2.75, 3.05) is 6.54 Å². The molecule has 0 aromatic heterocycles. The van der Waals surface area contributed by atoms with Crippen LogP contribution in [0.2, 0.25) is 0 Å². The molecule has 2 nitrogen and oxygen atoms in total. The number of allylic oxidation sites excluding steroid dienone is 1. The molecule has 1 heterocycles. The van der Waals surface area contributed by atoms with E-state index in [0.717, 1.165) is 6.54 Å². The lowest BCUT2D eigenvalue weighted by molar-refractivity contribution is -0.135. The van der Waals surface area contributed by atoms with Crippen LogP contribution in [0.4, 0.5) is 0 Å². The fourth-order valence-corrected chi connectivity index (χ4v) is 2.97. The number of fused-ring (bicyclic) bond motifs is 1. The van der Waals surface area contributed by atoms with Gasteiger partial charge in [0.1, 0.15) is 0 Å². The zero-order valence-corrected chi connectivity index (χ0v) is 9.29. The van der Waals surface area contributed by atoms with Crippen LogP contribution in [0.3, 0.4) is 0 Å². The molecule has 1 aliphatic heterocycles. The Bertz CT molecular complexity index is 282. The van der Waals surface area contributed by atoms with E-state index in [1.807, 2.05) is 11.8 Å². The van der Waals surface area contributed by atoms with Gasteiger partial charge in [-0.05, 0) is 38.5 Å². The quantitative estimate of drug-likeness (QED) is 0.626. The average molecular weight is 193 g/mol. The van der Waals surface area contributed by atoms with Crippen LogP contribution in [-0.2, 0) is 4.79 Å². The lowest BCUT2D eigenvalue weighted by Gasteiger charge is -2.33. The van der Waals surface area contributed by atoms with Crippen LogP contribution in [0.1, 0.15) is 33.6 Å². The Morgan fingerprint density at radius 3 is 2.86 bits per heavy atom. The van der Waals surface area contributed by atoms with E-state index in [-0.39, 0.29) is 5.92 Å². The van der Waals surface area contributed by atoms with Gasteiger partial charge in [-0.3, -0.25) is 4.79 Å². The maximum atomic E-state index is 12.1. The number of amides is 1. The summed E-state index contributed by atoms with van der Waals surface area (Å²) in [6, 6.07) is 0. The van der Waals surface area contributed by atoms with Crippen LogP contribution in [0, 0.1) is 17.8 Å². The van der Waals surface area contributed by atoms with Crippen LogP contribution in [-0.4, -0.2) is 17.4 Å². The van der Waals surface area contributed by atoms with Crippen molar-refractivity contribution in [2.24, 2.45) is 17.8 Å². The molecule has 1 saturated carbocycles. The van der Waals surface area contributed by atoms with Crippen LogP contribution in [0.15, 0.2) is 11.8 Å². The summed E-state index contributed by atoms with van der Waals surface area (Å²) in [4.78, 5) is 14.0. The van der Waals surface area contributed by atoms with Gasteiger partial charge >= 0.3 is 0 Å². The van der Waals surface area contributed by atoms with Gasteiger partial charge in [0, 0.05) is 18.7 Å². The van der Waals surface area contributed by atoms with Gasteiger partial charge in [-0.2, -0.15) is 0 Å². The first-order valence-electron chi connectivity index (χ1n) is 5.64. The summed E-state index contributed by atoms with van der Waals surface area (Å²) in [7, 11) is 0. The molecule has 14 heavy (non-hydrogen) atoms. The molecule has 1 fully saturated rings. The molecule has 1 amide bonds. The zero-order valence-electron chi connectivity index (χ0n) is 9.29. The van der Waals surface area contributed by atoms with E-state index in [1.54, 1.807) is 0 Å². The molecule has 78 valence electrons. The standard InChI is InChI=1S/C12H19NO/c1-4-13-7-9(3)10-6-5-8(2)11(10)12(13)14/h7-8,10-11H,4-6H2,1-3H3/t8-,10+,11+/m0/s1. The largest absolute Gasteiger partial charge is 0.319 e. The van der Waals surface area contributed by atoms with Crippen molar-refractivity contribution in [3.05, 3.63) is 11.8 Å². The molecule has 0 aromatic carbocycles. The third-order valence-corrected chi connectivity index (χ3v) is 3.83. The summed E-state index contributed by atoms with van der Waals surface area (Å²) < 4.78 is 0. The first-order chi connectivity index (χ1) is 6.65. The van der Waals surface area contributed by atoms with Gasteiger partial charge < -0.3 is 4.90 Å². The normalized spacial score (nSPS) is 37.1. The van der Waals surface area contributed by atoms with Crippen molar-refractivity contribution in [1.82, 2.24) is 4.90 Å². The Morgan fingerprint density at radius 2 is 2.21 bits per heavy atom. The summed E-state index contributed by atoms with van der Waals surface area (Å²) in [5.41, 5.74) is 1.40. The Morgan fingerprint density at radius 1 is 1.50 bits per heavy atom. The van der Waals surface area contributed by atoms with E-state index in [2.05, 4.69) is 20.0 Å². The predicted molar refractivity (Wildman–Crippen MR) is 56.5 cm³/mol. The monoisotopic (exact) mass is 193 g/mol. The minimum Gasteiger partial charge on any atom is -0.319 e. The maximum Gasteiger partial charge on any atom is 0.230 e. The molecule has 1 aliphatic carbocycles. The van der Waals surface area contributed by atoms with Gasteiger partial charge in [0.05, 0.1) is 0 Å². The number of hydrogen-bond acceptors (Lipinski definition) is 1. The zero-order chi connectivity index (χ0) is 10.3. The highest BCUT2D eigenvalue weighted by molar-refractivity contribution is 5.82. The molecule has 0 spiro atoms. The topological polar surface area (TPSA) is 20.3 Å². The molecular formula is C12H19NO. The number of carbonyl (C=O) groups excluding carboxylic acids is 1. The van der Waals surface area contributed by atoms with Crippen LogP contribution >= 0.6 is 0 Å². The third kappa shape index (κ3) is 1.28.